The van der Waals surface area contributed by atoms with Gasteiger partial charge in [-0.2, -0.15) is 0 Å². The topological polar surface area (TPSA) is 63.6 Å². The number of ether oxygens (including phenoxy) is 1. The largest absolute Gasteiger partial charge is 0.481 e. The standard InChI is InChI=1S/C9H12O4/c1-13-9(12)7-5-3-2-4-6(7)8(10)11/h2-3,6-7H,4-5H2,1H3,(H,10,11)/i1D3. The van der Waals surface area contributed by atoms with Gasteiger partial charge in [-0.15, -0.1) is 0 Å². The monoisotopic (exact) mass is 187 g/mol. The van der Waals surface area contributed by atoms with E-state index < -0.39 is 30.8 Å². The number of carbonyl (C=O) groups is 2. The zero-order valence-corrected chi connectivity index (χ0v) is 6.90. The Morgan fingerprint density at radius 3 is 2.62 bits per heavy atom. The van der Waals surface area contributed by atoms with E-state index in [2.05, 4.69) is 4.74 Å². The molecule has 1 N–H and O–H groups in total. The van der Waals surface area contributed by atoms with Gasteiger partial charge in [-0.05, 0) is 12.8 Å². The van der Waals surface area contributed by atoms with Crippen LogP contribution in [0, 0.1) is 11.8 Å². The summed E-state index contributed by atoms with van der Waals surface area (Å²) < 4.78 is 24.6. The number of allylic oxidation sites excluding steroid dienone is 2. The van der Waals surface area contributed by atoms with Gasteiger partial charge in [-0.3, -0.25) is 9.59 Å². The van der Waals surface area contributed by atoms with Crippen LogP contribution in [0.2, 0.25) is 0 Å². The highest BCUT2D eigenvalue weighted by Crippen LogP contribution is 2.26. The molecule has 0 bridgehead atoms. The van der Waals surface area contributed by atoms with E-state index in [9.17, 15) is 9.59 Å². The normalized spacial score (nSPS) is 31.2. The lowest BCUT2D eigenvalue weighted by atomic mass is 9.83. The summed E-state index contributed by atoms with van der Waals surface area (Å²) in [5.74, 6) is -3.91. The van der Waals surface area contributed by atoms with Gasteiger partial charge in [0.25, 0.3) is 0 Å². The van der Waals surface area contributed by atoms with E-state index in [0.29, 0.717) is 0 Å². The molecule has 1 aliphatic carbocycles. The van der Waals surface area contributed by atoms with E-state index in [0.717, 1.165) is 0 Å². The minimum Gasteiger partial charge on any atom is -0.481 e. The van der Waals surface area contributed by atoms with Gasteiger partial charge in [-0.25, -0.2) is 0 Å². The average Bonchev–Trinajstić information content (AvgIpc) is 2.15. The molecule has 2 atom stereocenters. The Morgan fingerprint density at radius 1 is 1.46 bits per heavy atom. The zero-order chi connectivity index (χ0) is 12.3. The van der Waals surface area contributed by atoms with Gasteiger partial charge in [0.05, 0.1) is 23.0 Å². The Hall–Kier alpha value is -1.32. The van der Waals surface area contributed by atoms with Crippen LogP contribution in [-0.2, 0) is 14.3 Å². The van der Waals surface area contributed by atoms with Crippen molar-refractivity contribution in [2.24, 2.45) is 11.8 Å². The number of carboxylic acid groups (broad SMARTS) is 1. The first-order valence-electron chi connectivity index (χ1n) is 5.42. The van der Waals surface area contributed by atoms with Gasteiger partial charge in [0.1, 0.15) is 0 Å². The summed E-state index contributed by atoms with van der Waals surface area (Å²) >= 11 is 0. The number of carbonyl (C=O) groups excluding carboxylic acids is 1. The molecular formula is C9H12O4. The number of esters is 1. The SMILES string of the molecule is [2H]C([2H])([2H])OC(=O)C1CC=CCC1C(=O)O. The molecule has 1 aliphatic rings. The maximum Gasteiger partial charge on any atom is 0.309 e. The van der Waals surface area contributed by atoms with E-state index in [1.165, 1.54) is 0 Å². The number of carboxylic acids is 1. The molecule has 4 heteroatoms. The maximum absolute atomic E-state index is 11.4. The molecule has 72 valence electrons. The third-order valence-corrected chi connectivity index (χ3v) is 2.15. The lowest BCUT2D eigenvalue weighted by molar-refractivity contribution is -0.155. The minimum atomic E-state index is -2.82. The number of hydrogen-bond acceptors (Lipinski definition) is 3. The molecule has 0 saturated carbocycles. The molecule has 0 spiro atoms. The van der Waals surface area contributed by atoms with Crippen LogP contribution in [0.4, 0.5) is 0 Å². The molecule has 0 aromatic rings. The number of rotatable bonds is 2. The quantitative estimate of drug-likeness (QED) is 0.513. The lowest BCUT2D eigenvalue weighted by Crippen LogP contribution is -2.31. The summed E-state index contributed by atoms with van der Waals surface area (Å²) in [4.78, 5) is 22.3. The van der Waals surface area contributed by atoms with Gasteiger partial charge in [0.15, 0.2) is 0 Å². The fraction of sp³-hybridized carbons (Fsp3) is 0.556. The third kappa shape index (κ3) is 2.08. The predicted octanol–water partition coefficient (Wildman–Crippen LogP) is 0.826. The summed E-state index contributed by atoms with van der Waals surface area (Å²) in [5.41, 5.74) is 0. The van der Waals surface area contributed by atoms with E-state index in [1.54, 1.807) is 12.2 Å². The fourth-order valence-electron chi connectivity index (χ4n) is 1.42. The molecule has 2 unspecified atom stereocenters. The van der Waals surface area contributed by atoms with Gasteiger partial charge in [0, 0.05) is 0 Å². The molecule has 1 rings (SSSR count). The Morgan fingerprint density at radius 2 is 2.08 bits per heavy atom. The fourth-order valence-corrected chi connectivity index (χ4v) is 1.42. The maximum atomic E-state index is 11.4. The first kappa shape index (κ1) is 6.18. The van der Waals surface area contributed by atoms with E-state index in [-0.39, 0.29) is 12.8 Å². The summed E-state index contributed by atoms with van der Waals surface area (Å²) in [7, 11) is -2.82. The molecule has 13 heavy (non-hydrogen) atoms. The molecule has 0 aliphatic heterocycles. The summed E-state index contributed by atoms with van der Waals surface area (Å²) in [6, 6.07) is 0. The number of hydrogen-bond donors (Lipinski definition) is 1. The highest BCUT2D eigenvalue weighted by atomic mass is 16.5. The first-order chi connectivity index (χ1) is 7.31. The van der Waals surface area contributed by atoms with Crippen LogP contribution in [0.15, 0.2) is 12.2 Å². The van der Waals surface area contributed by atoms with Crippen LogP contribution in [-0.4, -0.2) is 24.1 Å². The van der Waals surface area contributed by atoms with Crippen molar-refractivity contribution in [1.29, 1.82) is 0 Å². The Labute approximate surface area is 80.4 Å². The molecule has 0 saturated heterocycles. The Bertz CT molecular complexity index is 321. The lowest BCUT2D eigenvalue weighted by Gasteiger charge is -2.22. The van der Waals surface area contributed by atoms with Crippen molar-refractivity contribution in [3.05, 3.63) is 12.2 Å². The van der Waals surface area contributed by atoms with Crippen LogP contribution in [0.25, 0.3) is 0 Å². The number of methoxy groups -OCH3 is 1. The molecule has 0 radical (unpaired) electrons. The summed E-state index contributed by atoms with van der Waals surface area (Å²) in [5, 5.41) is 8.87. The van der Waals surface area contributed by atoms with Crippen molar-refractivity contribution < 1.29 is 23.5 Å². The van der Waals surface area contributed by atoms with Crippen molar-refractivity contribution in [1.82, 2.24) is 0 Å². The molecule has 0 fully saturated rings. The van der Waals surface area contributed by atoms with Gasteiger partial charge < -0.3 is 9.84 Å². The van der Waals surface area contributed by atoms with Crippen LogP contribution < -0.4 is 0 Å². The summed E-state index contributed by atoms with van der Waals surface area (Å²) in [6.07, 6.45) is 3.74. The van der Waals surface area contributed by atoms with Crippen molar-refractivity contribution in [3.8, 4) is 0 Å². The van der Waals surface area contributed by atoms with E-state index in [1.807, 2.05) is 0 Å². The smallest absolute Gasteiger partial charge is 0.309 e. The molecule has 4 nitrogen and oxygen atoms in total. The molecule has 0 aromatic heterocycles. The minimum absolute atomic E-state index is 0.200. The molecule has 0 aromatic carbocycles. The van der Waals surface area contributed by atoms with Crippen LogP contribution in [0.3, 0.4) is 0 Å². The first-order valence-corrected chi connectivity index (χ1v) is 3.92. The summed E-state index contributed by atoms with van der Waals surface area (Å²) in [6.45, 7) is 0. The van der Waals surface area contributed by atoms with Gasteiger partial charge in [-0.1, -0.05) is 12.2 Å². The highest BCUT2D eigenvalue weighted by molar-refractivity contribution is 5.81. The number of aliphatic carboxylic acids is 1. The molecule has 0 amide bonds. The average molecular weight is 187 g/mol. The van der Waals surface area contributed by atoms with Crippen molar-refractivity contribution in [2.75, 3.05) is 7.04 Å². The Kier molecular flexibility index (Phi) is 1.94. The van der Waals surface area contributed by atoms with Gasteiger partial charge >= 0.3 is 11.9 Å². The second-order valence-electron chi connectivity index (χ2n) is 2.92. The van der Waals surface area contributed by atoms with E-state index >= 15 is 0 Å². The second-order valence-corrected chi connectivity index (χ2v) is 2.92. The second kappa shape index (κ2) is 4.07. The Balaban J connectivity index is 2.73. The molecular weight excluding hydrogens is 172 g/mol. The van der Waals surface area contributed by atoms with Crippen molar-refractivity contribution >= 4 is 11.9 Å². The molecule has 0 heterocycles. The van der Waals surface area contributed by atoms with Crippen LogP contribution in [0.1, 0.15) is 17.0 Å². The zero-order valence-electron chi connectivity index (χ0n) is 9.90. The van der Waals surface area contributed by atoms with E-state index in [4.69, 9.17) is 9.22 Å². The van der Waals surface area contributed by atoms with Crippen LogP contribution in [0.5, 0.6) is 0 Å². The van der Waals surface area contributed by atoms with Crippen molar-refractivity contribution in [3.63, 3.8) is 0 Å². The van der Waals surface area contributed by atoms with Gasteiger partial charge in [0.2, 0.25) is 0 Å². The third-order valence-electron chi connectivity index (χ3n) is 2.15. The predicted molar refractivity (Wildman–Crippen MR) is 45.0 cm³/mol. The van der Waals surface area contributed by atoms with Crippen LogP contribution >= 0.6 is 0 Å². The highest BCUT2D eigenvalue weighted by Gasteiger charge is 2.34. The van der Waals surface area contributed by atoms with Crippen molar-refractivity contribution in [2.45, 2.75) is 12.8 Å².